The molecule has 6 heteroatoms. The van der Waals surface area contributed by atoms with Crippen LogP contribution in [0, 0.1) is 0 Å². The normalized spacial score (nSPS) is 17.3. The van der Waals surface area contributed by atoms with E-state index in [9.17, 15) is 4.79 Å². The van der Waals surface area contributed by atoms with Gasteiger partial charge in [-0.05, 0) is 54.6 Å². The summed E-state index contributed by atoms with van der Waals surface area (Å²) in [5.74, 6) is 0.703. The SMILES string of the molecule is CCCOc1ccccc1/C=C1/SC(=Nc2ccc(Cl)cc2)N(C)C1=O. The van der Waals surface area contributed by atoms with Gasteiger partial charge in [-0.1, -0.05) is 36.7 Å². The molecular weight excluding hydrogens is 368 g/mol. The fourth-order valence-electron chi connectivity index (χ4n) is 2.36. The lowest BCUT2D eigenvalue weighted by Gasteiger charge is -2.08. The molecule has 0 bridgehead atoms. The van der Waals surface area contributed by atoms with E-state index >= 15 is 0 Å². The van der Waals surface area contributed by atoms with Crippen LogP contribution in [0.5, 0.6) is 5.75 Å². The maximum atomic E-state index is 12.6. The van der Waals surface area contributed by atoms with Crippen LogP contribution in [-0.2, 0) is 4.79 Å². The molecule has 2 aromatic rings. The second-order valence-corrected chi connectivity index (χ2v) is 7.18. The summed E-state index contributed by atoms with van der Waals surface area (Å²) in [5.41, 5.74) is 1.64. The fraction of sp³-hybridized carbons (Fsp3) is 0.200. The third-order valence-electron chi connectivity index (χ3n) is 3.72. The second kappa shape index (κ2) is 8.43. The summed E-state index contributed by atoms with van der Waals surface area (Å²) in [6.07, 6.45) is 2.79. The van der Waals surface area contributed by atoms with Gasteiger partial charge in [0.1, 0.15) is 5.75 Å². The van der Waals surface area contributed by atoms with Crippen molar-refractivity contribution in [1.82, 2.24) is 4.90 Å². The average molecular weight is 387 g/mol. The monoisotopic (exact) mass is 386 g/mol. The molecule has 2 aromatic carbocycles. The van der Waals surface area contributed by atoms with Gasteiger partial charge >= 0.3 is 0 Å². The van der Waals surface area contributed by atoms with Crippen LogP contribution in [0.4, 0.5) is 5.69 Å². The van der Waals surface area contributed by atoms with Crippen molar-refractivity contribution in [2.45, 2.75) is 13.3 Å². The van der Waals surface area contributed by atoms with Crippen molar-refractivity contribution in [3.63, 3.8) is 0 Å². The fourth-order valence-corrected chi connectivity index (χ4v) is 3.47. The third kappa shape index (κ3) is 4.29. The lowest BCUT2D eigenvalue weighted by Crippen LogP contribution is -2.23. The van der Waals surface area contributed by atoms with E-state index in [4.69, 9.17) is 16.3 Å². The second-order valence-electron chi connectivity index (χ2n) is 5.73. The first-order valence-electron chi connectivity index (χ1n) is 8.32. The predicted octanol–water partition coefficient (Wildman–Crippen LogP) is 5.36. The van der Waals surface area contributed by atoms with Crippen molar-refractivity contribution in [2.24, 2.45) is 4.99 Å². The Morgan fingerprint density at radius 2 is 1.92 bits per heavy atom. The van der Waals surface area contributed by atoms with Crippen molar-refractivity contribution in [2.75, 3.05) is 13.7 Å². The van der Waals surface area contributed by atoms with Crippen molar-refractivity contribution in [3.8, 4) is 5.75 Å². The molecule has 1 aliphatic heterocycles. The summed E-state index contributed by atoms with van der Waals surface area (Å²) in [7, 11) is 1.73. The summed E-state index contributed by atoms with van der Waals surface area (Å²) < 4.78 is 5.77. The Balaban J connectivity index is 1.87. The number of carbonyl (C=O) groups excluding carboxylic acids is 1. The Bertz CT molecular complexity index is 862. The molecule has 26 heavy (non-hydrogen) atoms. The smallest absolute Gasteiger partial charge is 0.266 e. The number of aliphatic imine (C=N–C) groups is 1. The van der Waals surface area contributed by atoms with Gasteiger partial charge in [0.05, 0.1) is 17.2 Å². The van der Waals surface area contributed by atoms with Gasteiger partial charge in [0.25, 0.3) is 5.91 Å². The quantitative estimate of drug-likeness (QED) is 0.649. The molecule has 1 fully saturated rings. The van der Waals surface area contributed by atoms with Crippen molar-refractivity contribution in [3.05, 3.63) is 64.0 Å². The number of nitrogens with zero attached hydrogens (tertiary/aromatic N) is 2. The first kappa shape index (κ1) is 18.5. The summed E-state index contributed by atoms with van der Waals surface area (Å²) in [4.78, 5) is 19.3. The van der Waals surface area contributed by atoms with E-state index in [0.29, 0.717) is 21.7 Å². The molecule has 0 unspecified atom stereocenters. The van der Waals surface area contributed by atoms with E-state index in [0.717, 1.165) is 23.4 Å². The van der Waals surface area contributed by atoms with Gasteiger partial charge in [0.15, 0.2) is 5.17 Å². The van der Waals surface area contributed by atoms with E-state index in [1.807, 2.05) is 42.5 Å². The number of carbonyl (C=O) groups is 1. The Morgan fingerprint density at radius 3 is 2.65 bits per heavy atom. The van der Waals surface area contributed by atoms with Crippen LogP contribution >= 0.6 is 23.4 Å². The van der Waals surface area contributed by atoms with Gasteiger partial charge in [0, 0.05) is 17.6 Å². The van der Waals surface area contributed by atoms with Crippen LogP contribution < -0.4 is 4.74 Å². The number of hydrogen-bond donors (Lipinski definition) is 0. The zero-order valence-corrected chi connectivity index (χ0v) is 16.2. The molecule has 0 aliphatic carbocycles. The third-order valence-corrected chi connectivity index (χ3v) is 5.03. The minimum absolute atomic E-state index is 0.0759. The highest BCUT2D eigenvalue weighted by Gasteiger charge is 2.30. The van der Waals surface area contributed by atoms with E-state index in [1.54, 1.807) is 24.1 Å². The number of thioether (sulfide) groups is 1. The number of hydrogen-bond acceptors (Lipinski definition) is 4. The number of benzene rings is 2. The summed E-state index contributed by atoms with van der Waals surface area (Å²) in [6, 6.07) is 14.9. The highest BCUT2D eigenvalue weighted by Crippen LogP contribution is 2.34. The summed E-state index contributed by atoms with van der Waals surface area (Å²) in [6.45, 7) is 2.70. The van der Waals surface area contributed by atoms with Gasteiger partial charge in [-0.15, -0.1) is 0 Å². The lowest BCUT2D eigenvalue weighted by molar-refractivity contribution is -0.121. The van der Waals surface area contributed by atoms with E-state index in [2.05, 4.69) is 11.9 Å². The molecule has 4 nitrogen and oxygen atoms in total. The van der Waals surface area contributed by atoms with E-state index in [1.165, 1.54) is 11.8 Å². The van der Waals surface area contributed by atoms with Crippen LogP contribution in [-0.4, -0.2) is 29.6 Å². The molecule has 134 valence electrons. The number of ether oxygens (including phenoxy) is 1. The topological polar surface area (TPSA) is 41.9 Å². The molecule has 0 N–H and O–H groups in total. The molecule has 3 rings (SSSR count). The minimum Gasteiger partial charge on any atom is -0.493 e. The van der Waals surface area contributed by atoms with Crippen LogP contribution in [0.25, 0.3) is 6.08 Å². The lowest BCUT2D eigenvalue weighted by atomic mass is 10.2. The number of likely N-dealkylation sites (N-methyl/N-ethyl adjacent to an activating group) is 1. The minimum atomic E-state index is -0.0759. The molecular formula is C20H19ClN2O2S. The molecule has 1 heterocycles. The zero-order valence-electron chi connectivity index (χ0n) is 14.6. The Kier molecular flexibility index (Phi) is 6.01. The van der Waals surface area contributed by atoms with Crippen LogP contribution in [0.1, 0.15) is 18.9 Å². The maximum absolute atomic E-state index is 12.6. The number of para-hydroxylation sites is 1. The van der Waals surface area contributed by atoms with Gasteiger partial charge in [-0.3, -0.25) is 9.69 Å². The number of amidine groups is 1. The molecule has 1 aliphatic rings. The Labute approximate surface area is 162 Å². The van der Waals surface area contributed by atoms with Gasteiger partial charge in [0.2, 0.25) is 0 Å². The zero-order chi connectivity index (χ0) is 18.5. The predicted molar refractivity (Wildman–Crippen MR) is 109 cm³/mol. The van der Waals surface area contributed by atoms with Crippen LogP contribution in [0.15, 0.2) is 58.4 Å². The first-order valence-corrected chi connectivity index (χ1v) is 9.51. The molecule has 0 saturated carbocycles. The van der Waals surface area contributed by atoms with Crippen molar-refractivity contribution in [1.29, 1.82) is 0 Å². The standard InChI is InChI=1S/C20H19ClN2O2S/c1-3-12-25-17-7-5-4-6-14(17)13-18-19(24)23(2)20(26-18)22-16-10-8-15(21)9-11-16/h4-11,13H,3,12H2,1-2H3/b18-13+,22-20?. The highest BCUT2D eigenvalue weighted by atomic mass is 35.5. The van der Waals surface area contributed by atoms with E-state index in [-0.39, 0.29) is 5.91 Å². The van der Waals surface area contributed by atoms with Crippen LogP contribution in [0.2, 0.25) is 5.02 Å². The Morgan fingerprint density at radius 1 is 1.19 bits per heavy atom. The summed E-state index contributed by atoms with van der Waals surface area (Å²) >= 11 is 7.26. The number of amides is 1. The van der Waals surface area contributed by atoms with Crippen molar-refractivity contribution >= 4 is 46.2 Å². The Hall–Kier alpha value is -2.24. The van der Waals surface area contributed by atoms with Gasteiger partial charge in [-0.25, -0.2) is 4.99 Å². The molecule has 0 aromatic heterocycles. The van der Waals surface area contributed by atoms with Crippen molar-refractivity contribution < 1.29 is 9.53 Å². The first-order chi connectivity index (χ1) is 12.6. The molecule has 1 amide bonds. The van der Waals surface area contributed by atoms with Crippen LogP contribution in [0.3, 0.4) is 0 Å². The molecule has 0 radical (unpaired) electrons. The molecule has 1 saturated heterocycles. The number of rotatable bonds is 5. The molecule has 0 atom stereocenters. The number of halogens is 1. The highest BCUT2D eigenvalue weighted by molar-refractivity contribution is 8.18. The average Bonchev–Trinajstić information content (AvgIpc) is 2.91. The van der Waals surface area contributed by atoms with Gasteiger partial charge < -0.3 is 4.74 Å². The van der Waals surface area contributed by atoms with E-state index < -0.39 is 0 Å². The van der Waals surface area contributed by atoms with Gasteiger partial charge in [-0.2, -0.15) is 0 Å². The summed E-state index contributed by atoms with van der Waals surface area (Å²) in [5, 5.41) is 1.29. The molecule has 0 spiro atoms. The maximum Gasteiger partial charge on any atom is 0.266 e. The largest absolute Gasteiger partial charge is 0.493 e.